The average Bonchev–Trinajstić information content (AvgIpc) is 2.78. The number of hydrogen-bond donors (Lipinski definition) is 0. The van der Waals surface area contributed by atoms with E-state index in [9.17, 15) is 13.2 Å². The van der Waals surface area contributed by atoms with Gasteiger partial charge >= 0.3 is 0 Å². The van der Waals surface area contributed by atoms with Crippen LogP contribution in [0.3, 0.4) is 0 Å². The molecule has 32 heavy (non-hydrogen) atoms. The summed E-state index contributed by atoms with van der Waals surface area (Å²) in [5, 5.41) is 0. The summed E-state index contributed by atoms with van der Waals surface area (Å²) in [7, 11) is -2.63. The van der Waals surface area contributed by atoms with Crippen molar-refractivity contribution in [1.29, 1.82) is 0 Å². The molecule has 1 aliphatic heterocycles. The summed E-state index contributed by atoms with van der Waals surface area (Å²) in [6, 6.07) is 11.7. The van der Waals surface area contributed by atoms with E-state index in [0.717, 1.165) is 18.4 Å². The number of rotatable bonds is 8. The average molecular weight is 461 g/mol. The number of ether oxygens (including phenoxy) is 2. The Balaban J connectivity index is 1.99. The van der Waals surface area contributed by atoms with Gasteiger partial charge in [-0.3, -0.25) is 9.10 Å². The van der Waals surface area contributed by atoms with Gasteiger partial charge in [0.2, 0.25) is 5.91 Å². The fraction of sp³-hybridized carbons (Fsp3) is 0.458. The standard InChI is InChI=1S/C24H32N2O5S/c1-5-31-21-9-7-20(8-10-21)26(17-24(27)25-14-12-18(2)13-15-25)32(28,29)23-16-19(3)6-11-22(23)30-4/h6-11,16,18H,5,12-15,17H2,1-4H3. The number of carbonyl (C=O) groups excluding carboxylic acids is 1. The van der Waals surface area contributed by atoms with Crippen molar-refractivity contribution < 1.29 is 22.7 Å². The molecule has 3 rings (SSSR count). The van der Waals surface area contributed by atoms with Gasteiger partial charge in [-0.15, -0.1) is 0 Å². The third-order valence-corrected chi connectivity index (χ3v) is 7.53. The van der Waals surface area contributed by atoms with Gasteiger partial charge in [0, 0.05) is 13.1 Å². The number of hydrogen-bond acceptors (Lipinski definition) is 5. The second kappa shape index (κ2) is 10.3. The number of carbonyl (C=O) groups is 1. The van der Waals surface area contributed by atoms with Gasteiger partial charge < -0.3 is 14.4 Å². The number of nitrogens with zero attached hydrogens (tertiary/aromatic N) is 2. The van der Waals surface area contributed by atoms with Gasteiger partial charge in [0.25, 0.3) is 10.0 Å². The number of sulfonamides is 1. The van der Waals surface area contributed by atoms with Gasteiger partial charge in [-0.05, 0) is 74.6 Å². The molecular weight excluding hydrogens is 428 g/mol. The zero-order chi connectivity index (χ0) is 23.3. The van der Waals surface area contributed by atoms with Crippen molar-refractivity contribution >= 4 is 21.6 Å². The molecule has 1 amide bonds. The first-order valence-corrected chi connectivity index (χ1v) is 12.4. The second-order valence-electron chi connectivity index (χ2n) is 8.16. The highest BCUT2D eigenvalue weighted by molar-refractivity contribution is 7.93. The van der Waals surface area contributed by atoms with Crippen LogP contribution in [0.15, 0.2) is 47.4 Å². The Hall–Kier alpha value is -2.74. The largest absolute Gasteiger partial charge is 0.495 e. The zero-order valence-corrected chi connectivity index (χ0v) is 20.0. The van der Waals surface area contributed by atoms with Crippen LogP contribution in [0.25, 0.3) is 0 Å². The third kappa shape index (κ3) is 5.35. The smallest absolute Gasteiger partial charge is 0.268 e. The molecule has 174 valence electrons. The predicted molar refractivity (Wildman–Crippen MR) is 125 cm³/mol. The van der Waals surface area contributed by atoms with Gasteiger partial charge in [0.15, 0.2) is 0 Å². The predicted octanol–water partition coefficient (Wildman–Crippen LogP) is 3.86. The van der Waals surface area contributed by atoms with Gasteiger partial charge in [-0.2, -0.15) is 0 Å². The zero-order valence-electron chi connectivity index (χ0n) is 19.2. The normalized spacial score (nSPS) is 14.8. The number of piperidine rings is 1. The molecule has 1 saturated heterocycles. The van der Waals surface area contributed by atoms with Crippen molar-refractivity contribution in [1.82, 2.24) is 4.90 Å². The maximum Gasteiger partial charge on any atom is 0.268 e. The molecule has 2 aromatic carbocycles. The van der Waals surface area contributed by atoms with E-state index in [1.54, 1.807) is 47.4 Å². The van der Waals surface area contributed by atoms with Crippen LogP contribution in [0, 0.1) is 12.8 Å². The van der Waals surface area contributed by atoms with Crippen molar-refractivity contribution in [3.63, 3.8) is 0 Å². The van der Waals surface area contributed by atoms with Gasteiger partial charge in [-0.1, -0.05) is 13.0 Å². The van der Waals surface area contributed by atoms with Crippen molar-refractivity contribution in [2.45, 2.75) is 38.5 Å². The highest BCUT2D eigenvalue weighted by Crippen LogP contribution is 2.32. The highest BCUT2D eigenvalue weighted by Gasteiger charge is 2.32. The molecule has 0 spiro atoms. The number of anilines is 1. The molecule has 0 atom stereocenters. The lowest BCUT2D eigenvalue weighted by Crippen LogP contribution is -2.45. The van der Waals surface area contributed by atoms with E-state index in [4.69, 9.17) is 9.47 Å². The van der Waals surface area contributed by atoms with E-state index in [1.807, 2.05) is 13.8 Å². The van der Waals surface area contributed by atoms with Crippen molar-refractivity contribution in [2.24, 2.45) is 5.92 Å². The van der Waals surface area contributed by atoms with Crippen LogP contribution in [0.5, 0.6) is 11.5 Å². The molecule has 0 radical (unpaired) electrons. The van der Waals surface area contributed by atoms with E-state index >= 15 is 0 Å². The summed E-state index contributed by atoms with van der Waals surface area (Å²) in [6.45, 7) is 7.39. The molecule has 0 bridgehead atoms. The van der Waals surface area contributed by atoms with Crippen molar-refractivity contribution in [3.05, 3.63) is 48.0 Å². The minimum Gasteiger partial charge on any atom is -0.495 e. The Morgan fingerprint density at radius 2 is 1.78 bits per heavy atom. The maximum atomic E-state index is 13.8. The van der Waals surface area contributed by atoms with Gasteiger partial charge in [-0.25, -0.2) is 8.42 Å². The topological polar surface area (TPSA) is 76.2 Å². The van der Waals surface area contributed by atoms with E-state index in [1.165, 1.54) is 11.4 Å². The number of benzene rings is 2. The summed E-state index contributed by atoms with van der Waals surface area (Å²) in [6.07, 6.45) is 1.85. The molecule has 8 heteroatoms. The fourth-order valence-electron chi connectivity index (χ4n) is 3.78. The Morgan fingerprint density at radius 3 is 2.38 bits per heavy atom. The van der Waals surface area contributed by atoms with Crippen molar-refractivity contribution in [3.8, 4) is 11.5 Å². The lowest BCUT2D eigenvalue weighted by molar-refractivity contribution is -0.130. The molecule has 0 N–H and O–H groups in total. The second-order valence-corrected chi connectivity index (χ2v) is 9.99. The van der Waals surface area contributed by atoms with Crippen LogP contribution in [-0.4, -0.2) is 52.6 Å². The summed E-state index contributed by atoms with van der Waals surface area (Å²) in [5.41, 5.74) is 1.18. The molecule has 0 unspecified atom stereocenters. The molecule has 1 heterocycles. The third-order valence-electron chi connectivity index (χ3n) is 5.74. The molecule has 2 aromatic rings. The first kappa shape index (κ1) is 23.9. The Kier molecular flexibility index (Phi) is 7.66. The molecule has 0 saturated carbocycles. The Bertz CT molecular complexity index is 1030. The number of likely N-dealkylation sites (tertiary alicyclic amines) is 1. The van der Waals surface area contributed by atoms with Crippen molar-refractivity contribution in [2.75, 3.05) is 37.7 Å². The van der Waals surface area contributed by atoms with Crippen LogP contribution in [0.1, 0.15) is 32.3 Å². The van der Waals surface area contributed by atoms with E-state index in [-0.39, 0.29) is 23.1 Å². The quantitative estimate of drug-likeness (QED) is 0.598. The monoisotopic (exact) mass is 460 g/mol. The molecular formula is C24H32N2O5S. The summed E-state index contributed by atoms with van der Waals surface area (Å²) in [4.78, 5) is 14.9. The fourth-order valence-corrected chi connectivity index (χ4v) is 5.43. The molecule has 0 aliphatic carbocycles. The molecule has 0 aromatic heterocycles. The van der Waals surface area contributed by atoms with Crippen LogP contribution < -0.4 is 13.8 Å². The van der Waals surface area contributed by atoms with Crippen LogP contribution in [0.2, 0.25) is 0 Å². The maximum absolute atomic E-state index is 13.8. The van der Waals surface area contributed by atoms with Crippen LogP contribution >= 0.6 is 0 Å². The summed E-state index contributed by atoms with van der Waals surface area (Å²) < 4.78 is 39.6. The molecule has 1 fully saturated rings. The number of methoxy groups -OCH3 is 1. The molecule has 1 aliphatic rings. The lowest BCUT2D eigenvalue weighted by atomic mass is 9.99. The number of amides is 1. The van der Waals surface area contributed by atoms with Crippen LogP contribution in [0.4, 0.5) is 5.69 Å². The van der Waals surface area contributed by atoms with Crippen LogP contribution in [-0.2, 0) is 14.8 Å². The van der Waals surface area contributed by atoms with E-state index in [2.05, 4.69) is 6.92 Å². The Morgan fingerprint density at radius 1 is 1.12 bits per heavy atom. The first-order chi connectivity index (χ1) is 15.3. The minimum atomic E-state index is -4.07. The Labute approximate surface area is 191 Å². The van der Waals surface area contributed by atoms with E-state index in [0.29, 0.717) is 37.1 Å². The van der Waals surface area contributed by atoms with Gasteiger partial charge in [0.1, 0.15) is 22.9 Å². The van der Waals surface area contributed by atoms with Gasteiger partial charge in [0.05, 0.1) is 19.4 Å². The highest BCUT2D eigenvalue weighted by atomic mass is 32.2. The first-order valence-electron chi connectivity index (χ1n) is 10.9. The number of aryl methyl sites for hydroxylation is 1. The minimum absolute atomic E-state index is 0.0361. The SMILES string of the molecule is CCOc1ccc(N(CC(=O)N2CCC(C)CC2)S(=O)(=O)c2cc(C)ccc2OC)cc1. The molecule has 7 nitrogen and oxygen atoms in total. The summed E-state index contributed by atoms with van der Waals surface area (Å²) in [5.74, 6) is 1.24. The summed E-state index contributed by atoms with van der Waals surface area (Å²) >= 11 is 0. The lowest BCUT2D eigenvalue weighted by Gasteiger charge is -2.33. The van der Waals surface area contributed by atoms with E-state index < -0.39 is 10.0 Å².